The van der Waals surface area contributed by atoms with Gasteiger partial charge in [-0.2, -0.15) is 0 Å². The Morgan fingerprint density at radius 1 is 1.10 bits per heavy atom. The summed E-state index contributed by atoms with van der Waals surface area (Å²) in [4.78, 5) is 2.66. The van der Waals surface area contributed by atoms with Gasteiger partial charge in [0.2, 0.25) is 0 Å². The summed E-state index contributed by atoms with van der Waals surface area (Å²) in [6.45, 7) is 6.84. The van der Waals surface area contributed by atoms with Crippen molar-refractivity contribution in [1.29, 1.82) is 0 Å². The van der Waals surface area contributed by atoms with E-state index in [-0.39, 0.29) is 6.04 Å². The van der Waals surface area contributed by atoms with E-state index in [1.807, 2.05) is 6.07 Å². The molecule has 0 amide bonds. The Labute approximate surface area is 135 Å². The van der Waals surface area contributed by atoms with Crippen LogP contribution in [-0.4, -0.2) is 6.04 Å². The third-order valence-corrected chi connectivity index (χ3v) is 5.57. The quantitative estimate of drug-likeness (QED) is 0.661. The first-order valence-corrected chi connectivity index (χ1v) is 9.18. The summed E-state index contributed by atoms with van der Waals surface area (Å²) in [5.41, 5.74) is 0. The zero-order chi connectivity index (χ0) is 14.5. The summed E-state index contributed by atoms with van der Waals surface area (Å²) in [5.74, 6) is 0.760. The summed E-state index contributed by atoms with van der Waals surface area (Å²) in [5, 5.41) is 5.90. The van der Waals surface area contributed by atoms with Gasteiger partial charge in [-0.1, -0.05) is 31.5 Å². The predicted octanol–water partition coefficient (Wildman–Crippen LogP) is 5.97. The van der Waals surface area contributed by atoms with Gasteiger partial charge in [-0.3, -0.25) is 0 Å². The molecule has 0 spiro atoms. The molecule has 0 radical (unpaired) electrons. The summed E-state index contributed by atoms with van der Waals surface area (Å²) in [6, 6.07) is 9.22. The summed E-state index contributed by atoms with van der Waals surface area (Å²) in [7, 11) is 0. The standard InChI is InChI=1S/C16H22ClNS2/c1-11(2)6-7-12(3)18-16(13-5-4-10-19-13)14-8-9-15(17)20-14/h4-5,8-12,16,18H,6-7H2,1-3H3. The van der Waals surface area contributed by atoms with Crippen molar-refractivity contribution in [2.24, 2.45) is 5.92 Å². The monoisotopic (exact) mass is 327 g/mol. The first-order valence-electron chi connectivity index (χ1n) is 7.11. The Kier molecular flexibility index (Phi) is 6.09. The fourth-order valence-corrected chi connectivity index (χ4v) is 4.21. The van der Waals surface area contributed by atoms with Crippen LogP contribution in [0.2, 0.25) is 4.34 Å². The van der Waals surface area contributed by atoms with E-state index in [4.69, 9.17) is 11.6 Å². The molecule has 1 nitrogen and oxygen atoms in total. The Balaban J connectivity index is 2.08. The number of halogens is 1. The predicted molar refractivity (Wildman–Crippen MR) is 92.2 cm³/mol. The van der Waals surface area contributed by atoms with Crippen molar-refractivity contribution in [2.75, 3.05) is 0 Å². The van der Waals surface area contributed by atoms with Crippen LogP contribution in [0.5, 0.6) is 0 Å². The topological polar surface area (TPSA) is 12.0 Å². The first kappa shape index (κ1) is 16.0. The minimum atomic E-state index is 0.273. The molecule has 0 saturated carbocycles. The molecule has 2 heterocycles. The molecule has 4 heteroatoms. The lowest BCUT2D eigenvalue weighted by molar-refractivity contribution is 0.431. The molecule has 2 rings (SSSR count). The minimum absolute atomic E-state index is 0.273. The van der Waals surface area contributed by atoms with Crippen LogP contribution >= 0.6 is 34.3 Å². The fraction of sp³-hybridized carbons (Fsp3) is 0.500. The number of hydrogen-bond donors (Lipinski definition) is 1. The van der Waals surface area contributed by atoms with Gasteiger partial charge >= 0.3 is 0 Å². The summed E-state index contributed by atoms with van der Waals surface area (Å²) in [6.07, 6.45) is 2.47. The van der Waals surface area contributed by atoms with Crippen molar-refractivity contribution in [3.05, 3.63) is 43.7 Å². The van der Waals surface area contributed by atoms with Crippen LogP contribution in [0.1, 0.15) is 49.4 Å². The average molecular weight is 328 g/mol. The summed E-state index contributed by atoms with van der Waals surface area (Å²) < 4.78 is 0.859. The van der Waals surface area contributed by atoms with Crippen LogP contribution in [0.4, 0.5) is 0 Å². The minimum Gasteiger partial charge on any atom is -0.302 e. The van der Waals surface area contributed by atoms with Crippen LogP contribution in [-0.2, 0) is 0 Å². The van der Waals surface area contributed by atoms with Crippen molar-refractivity contribution >= 4 is 34.3 Å². The van der Waals surface area contributed by atoms with Crippen LogP contribution < -0.4 is 5.32 Å². The smallest absolute Gasteiger partial charge is 0.0931 e. The summed E-state index contributed by atoms with van der Waals surface area (Å²) >= 11 is 9.57. The van der Waals surface area contributed by atoms with Crippen molar-refractivity contribution < 1.29 is 0 Å². The van der Waals surface area contributed by atoms with E-state index in [1.165, 1.54) is 22.6 Å². The Bertz CT molecular complexity index is 504. The number of rotatable bonds is 7. The van der Waals surface area contributed by atoms with Crippen molar-refractivity contribution in [2.45, 2.75) is 45.7 Å². The lowest BCUT2D eigenvalue weighted by Gasteiger charge is -2.22. The first-order chi connectivity index (χ1) is 9.56. The Morgan fingerprint density at radius 2 is 1.90 bits per heavy atom. The average Bonchev–Trinajstić information content (AvgIpc) is 3.04. The van der Waals surface area contributed by atoms with Gasteiger partial charge in [0.05, 0.1) is 10.4 Å². The molecule has 2 aromatic rings. The van der Waals surface area contributed by atoms with Gasteiger partial charge in [0, 0.05) is 15.8 Å². The van der Waals surface area contributed by atoms with E-state index in [9.17, 15) is 0 Å². The van der Waals surface area contributed by atoms with Gasteiger partial charge in [-0.15, -0.1) is 22.7 Å². The molecular weight excluding hydrogens is 306 g/mol. The highest BCUT2D eigenvalue weighted by molar-refractivity contribution is 7.16. The zero-order valence-electron chi connectivity index (χ0n) is 12.2. The highest BCUT2D eigenvalue weighted by atomic mass is 35.5. The molecule has 2 atom stereocenters. The van der Waals surface area contributed by atoms with Gasteiger partial charge in [-0.05, 0) is 49.3 Å². The van der Waals surface area contributed by atoms with Crippen molar-refractivity contribution in [1.82, 2.24) is 5.32 Å². The molecule has 0 fully saturated rings. The van der Waals surface area contributed by atoms with Gasteiger partial charge in [0.1, 0.15) is 0 Å². The normalized spacial score (nSPS) is 14.7. The molecular formula is C16H22ClNS2. The second kappa shape index (κ2) is 7.60. The van der Waals surface area contributed by atoms with Crippen LogP contribution in [0.25, 0.3) is 0 Å². The maximum atomic E-state index is 6.10. The maximum absolute atomic E-state index is 6.10. The molecule has 0 saturated heterocycles. The van der Waals surface area contributed by atoms with Crippen molar-refractivity contribution in [3.8, 4) is 0 Å². The Morgan fingerprint density at radius 3 is 2.45 bits per heavy atom. The van der Waals surface area contributed by atoms with E-state index in [0.29, 0.717) is 6.04 Å². The molecule has 20 heavy (non-hydrogen) atoms. The third kappa shape index (κ3) is 4.59. The van der Waals surface area contributed by atoms with Crippen LogP contribution in [0, 0.1) is 5.92 Å². The van der Waals surface area contributed by atoms with Crippen LogP contribution in [0.15, 0.2) is 29.6 Å². The highest BCUT2D eigenvalue weighted by Crippen LogP contribution is 2.33. The molecule has 0 aliphatic heterocycles. The van der Waals surface area contributed by atoms with E-state index in [1.54, 1.807) is 22.7 Å². The van der Waals surface area contributed by atoms with Gasteiger partial charge in [0.25, 0.3) is 0 Å². The molecule has 110 valence electrons. The zero-order valence-corrected chi connectivity index (χ0v) is 14.6. The molecule has 1 N–H and O–H groups in total. The lowest BCUT2D eigenvalue weighted by atomic mass is 10.0. The largest absolute Gasteiger partial charge is 0.302 e. The lowest BCUT2D eigenvalue weighted by Crippen LogP contribution is -2.30. The van der Waals surface area contributed by atoms with Gasteiger partial charge < -0.3 is 5.32 Å². The number of thiophene rings is 2. The fourth-order valence-electron chi connectivity index (χ4n) is 2.19. The third-order valence-electron chi connectivity index (χ3n) is 3.33. The molecule has 2 unspecified atom stereocenters. The van der Waals surface area contributed by atoms with E-state index >= 15 is 0 Å². The Hall–Kier alpha value is -0.350. The molecule has 0 aliphatic carbocycles. The maximum Gasteiger partial charge on any atom is 0.0931 e. The van der Waals surface area contributed by atoms with Crippen LogP contribution in [0.3, 0.4) is 0 Å². The van der Waals surface area contributed by atoms with E-state index in [2.05, 4.69) is 49.7 Å². The molecule has 0 bridgehead atoms. The van der Waals surface area contributed by atoms with Gasteiger partial charge in [-0.25, -0.2) is 0 Å². The van der Waals surface area contributed by atoms with E-state index < -0.39 is 0 Å². The van der Waals surface area contributed by atoms with Crippen molar-refractivity contribution in [3.63, 3.8) is 0 Å². The highest BCUT2D eigenvalue weighted by Gasteiger charge is 2.19. The second-order valence-corrected chi connectivity index (χ2v) is 8.36. The SMILES string of the molecule is CC(C)CCC(C)NC(c1cccs1)c1ccc(Cl)s1. The molecule has 0 aromatic carbocycles. The molecule has 0 aliphatic rings. The number of nitrogens with one attached hydrogen (secondary N) is 1. The van der Waals surface area contributed by atoms with Gasteiger partial charge in [0.15, 0.2) is 0 Å². The second-order valence-electron chi connectivity index (χ2n) is 5.63. The number of hydrogen-bond acceptors (Lipinski definition) is 3. The van der Waals surface area contributed by atoms with E-state index in [0.717, 1.165) is 10.3 Å². The molecule has 2 aromatic heterocycles.